The predicted molar refractivity (Wildman–Crippen MR) is 117 cm³/mol. The number of nitrogens with zero attached hydrogens (tertiary/aromatic N) is 2. The van der Waals surface area contributed by atoms with E-state index in [-0.39, 0.29) is 23.8 Å². The monoisotopic (exact) mass is 404 g/mol. The number of nitrogens with one attached hydrogen (secondary N) is 2. The molecule has 1 aliphatic rings. The average molecular weight is 405 g/mol. The molecule has 2 N–H and O–H groups in total. The van der Waals surface area contributed by atoms with Crippen LogP contribution >= 0.6 is 0 Å². The second kappa shape index (κ2) is 8.69. The van der Waals surface area contributed by atoms with Crippen molar-refractivity contribution in [1.82, 2.24) is 20.4 Å². The van der Waals surface area contributed by atoms with E-state index in [9.17, 15) is 9.59 Å². The summed E-state index contributed by atoms with van der Waals surface area (Å²) in [4.78, 5) is 32.3. The topological polar surface area (TPSA) is 78.1 Å². The molecule has 4 rings (SSSR count). The molecule has 3 aromatic rings. The first-order valence-corrected chi connectivity index (χ1v) is 10.7. The van der Waals surface area contributed by atoms with Crippen LogP contribution in [0, 0.1) is 5.92 Å². The van der Waals surface area contributed by atoms with Gasteiger partial charge in [0.1, 0.15) is 5.82 Å². The predicted octanol–water partition coefficient (Wildman–Crippen LogP) is 4.40. The lowest BCUT2D eigenvalue weighted by Crippen LogP contribution is -2.50. The number of aromatic amines is 1. The maximum Gasteiger partial charge on any atom is 0.245 e. The molecular weight excluding hydrogens is 376 g/mol. The third-order valence-corrected chi connectivity index (χ3v) is 6.04. The van der Waals surface area contributed by atoms with Crippen molar-refractivity contribution in [2.24, 2.45) is 5.92 Å². The van der Waals surface area contributed by atoms with Crippen molar-refractivity contribution < 1.29 is 9.59 Å². The minimum atomic E-state index is -0.191. The molecule has 2 atom stereocenters. The molecule has 1 saturated carbocycles. The summed E-state index contributed by atoms with van der Waals surface area (Å²) in [5.74, 6) is 0.649. The fraction of sp³-hybridized carbons (Fsp3) is 0.375. The molecule has 6 nitrogen and oxygen atoms in total. The Morgan fingerprint density at radius 1 is 1.17 bits per heavy atom. The van der Waals surface area contributed by atoms with Crippen molar-refractivity contribution in [2.75, 3.05) is 0 Å². The Balaban J connectivity index is 1.61. The van der Waals surface area contributed by atoms with E-state index in [1.807, 2.05) is 32.2 Å². The third-order valence-electron chi connectivity index (χ3n) is 6.04. The number of aromatic nitrogens is 2. The zero-order valence-corrected chi connectivity index (χ0v) is 17.5. The van der Waals surface area contributed by atoms with Crippen LogP contribution in [0.4, 0.5) is 0 Å². The second-order valence-corrected chi connectivity index (χ2v) is 8.29. The average Bonchev–Trinajstić information content (AvgIpc) is 3.26. The van der Waals surface area contributed by atoms with Crippen LogP contribution in [0.2, 0.25) is 0 Å². The first kappa shape index (κ1) is 20.1. The Labute approximate surface area is 176 Å². The first-order chi connectivity index (χ1) is 14.6. The Hall–Kier alpha value is -3.15. The van der Waals surface area contributed by atoms with E-state index in [1.165, 1.54) is 15.8 Å². The minimum absolute atomic E-state index is 0.0233. The van der Waals surface area contributed by atoms with Crippen LogP contribution in [0.3, 0.4) is 0 Å². The zero-order chi connectivity index (χ0) is 21.1. The Bertz CT molecular complexity index is 1040. The van der Waals surface area contributed by atoms with Crippen molar-refractivity contribution >= 4 is 23.1 Å². The van der Waals surface area contributed by atoms with Crippen molar-refractivity contribution in [1.29, 1.82) is 0 Å². The van der Waals surface area contributed by atoms with Gasteiger partial charge in [-0.05, 0) is 43.5 Å². The number of benzene rings is 2. The van der Waals surface area contributed by atoms with E-state index in [0.29, 0.717) is 6.41 Å². The Morgan fingerprint density at radius 2 is 1.93 bits per heavy atom. The molecule has 0 spiro atoms. The van der Waals surface area contributed by atoms with Gasteiger partial charge in [-0.1, -0.05) is 49.2 Å². The molecular formula is C24H28N4O2. The third kappa shape index (κ3) is 3.95. The maximum atomic E-state index is 13.2. The normalized spacial score (nSPS) is 19.0. The number of fused-ring (bicyclic) bond motifs is 1. The minimum Gasteiger partial charge on any atom is -0.342 e. The van der Waals surface area contributed by atoms with Crippen LogP contribution in [0.25, 0.3) is 22.0 Å². The second-order valence-electron chi connectivity index (χ2n) is 8.29. The van der Waals surface area contributed by atoms with Gasteiger partial charge in [-0.15, -0.1) is 0 Å². The smallest absolute Gasteiger partial charge is 0.245 e. The number of rotatable bonds is 6. The van der Waals surface area contributed by atoms with Gasteiger partial charge in [0.05, 0.1) is 11.9 Å². The summed E-state index contributed by atoms with van der Waals surface area (Å²) in [5, 5.41) is 3.84. The summed E-state index contributed by atoms with van der Waals surface area (Å²) in [7, 11) is 0. The van der Waals surface area contributed by atoms with E-state index in [2.05, 4.69) is 45.7 Å². The zero-order valence-electron chi connectivity index (χ0n) is 17.5. The lowest BCUT2D eigenvalue weighted by Gasteiger charge is -2.35. The number of H-pyrrole nitrogens is 1. The van der Waals surface area contributed by atoms with E-state index in [0.717, 1.165) is 42.8 Å². The summed E-state index contributed by atoms with van der Waals surface area (Å²) in [6.45, 7) is 3.80. The summed E-state index contributed by atoms with van der Waals surface area (Å²) in [6, 6.07) is 14.5. The van der Waals surface area contributed by atoms with E-state index >= 15 is 0 Å². The molecule has 0 bridgehead atoms. The van der Waals surface area contributed by atoms with E-state index in [1.54, 1.807) is 0 Å². The number of carbonyl (C=O) groups is 2. The van der Waals surface area contributed by atoms with Crippen LogP contribution in [0.1, 0.15) is 51.3 Å². The molecule has 2 unspecified atom stereocenters. The highest BCUT2D eigenvalue weighted by molar-refractivity contribution is 5.86. The van der Waals surface area contributed by atoms with Crippen LogP contribution in [-0.4, -0.2) is 33.3 Å². The van der Waals surface area contributed by atoms with Crippen LogP contribution < -0.4 is 5.43 Å². The molecule has 6 heteroatoms. The molecule has 2 aromatic carbocycles. The SMILES string of the molecule is CC(C)N(NC=O)C(=O)C1CCCCC1c1ncc(-c2ccc3ccccc3c2)[nH]1. The Morgan fingerprint density at radius 3 is 2.70 bits per heavy atom. The highest BCUT2D eigenvalue weighted by Crippen LogP contribution is 2.38. The fourth-order valence-corrected chi connectivity index (χ4v) is 4.48. The van der Waals surface area contributed by atoms with Crippen LogP contribution in [0.15, 0.2) is 48.7 Å². The fourth-order valence-electron chi connectivity index (χ4n) is 4.48. The largest absolute Gasteiger partial charge is 0.342 e. The summed E-state index contributed by atoms with van der Waals surface area (Å²) in [5.41, 5.74) is 4.61. The standard InChI is InChI=1S/C24H28N4O2/c1-16(2)28(26-15-29)24(30)21-10-6-5-9-20(21)23-25-14-22(27-23)19-12-11-17-7-3-4-8-18(17)13-19/h3-4,7-8,11-16,20-21H,5-6,9-10H2,1-2H3,(H,25,27)(H,26,29). The van der Waals surface area contributed by atoms with Gasteiger partial charge in [0.2, 0.25) is 12.3 Å². The molecule has 156 valence electrons. The summed E-state index contributed by atoms with van der Waals surface area (Å²) >= 11 is 0. The molecule has 0 radical (unpaired) electrons. The molecule has 1 heterocycles. The van der Waals surface area contributed by atoms with Gasteiger partial charge in [-0.2, -0.15) is 0 Å². The number of hydrogen-bond acceptors (Lipinski definition) is 3. The molecule has 0 aliphatic heterocycles. The van der Waals surface area contributed by atoms with Crippen LogP contribution in [-0.2, 0) is 9.59 Å². The van der Waals surface area contributed by atoms with Gasteiger partial charge in [0.25, 0.3) is 0 Å². The summed E-state index contributed by atoms with van der Waals surface area (Å²) < 4.78 is 0. The number of carbonyl (C=O) groups excluding carboxylic acids is 2. The number of hydrogen-bond donors (Lipinski definition) is 2. The molecule has 1 aromatic heterocycles. The van der Waals surface area contributed by atoms with Gasteiger partial charge in [-0.3, -0.25) is 20.0 Å². The highest BCUT2D eigenvalue weighted by atomic mass is 16.2. The number of amides is 2. The van der Waals surface area contributed by atoms with Crippen molar-refractivity contribution in [3.05, 3.63) is 54.5 Å². The van der Waals surface area contributed by atoms with Gasteiger partial charge in [0, 0.05) is 23.4 Å². The first-order valence-electron chi connectivity index (χ1n) is 10.7. The summed E-state index contributed by atoms with van der Waals surface area (Å²) in [6.07, 6.45) is 6.23. The van der Waals surface area contributed by atoms with E-state index in [4.69, 9.17) is 0 Å². The molecule has 0 saturated heterocycles. The van der Waals surface area contributed by atoms with Crippen molar-refractivity contribution in [3.63, 3.8) is 0 Å². The van der Waals surface area contributed by atoms with Crippen LogP contribution in [0.5, 0.6) is 0 Å². The molecule has 2 amide bonds. The Kier molecular flexibility index (Phi) is 5.84. The van der Waals surface area contributed by atoms with E-state index < -0.39 is 0 Å². The maximum absolute atomic E-state index is 13.2. The highest BCUT2D eigenvalue weighted by Gasteiger charge is 2.37. The van der Waals surface area contributed by atoms with Gasteiger partial charge in [0.15, 0.2) is 0 Å². The van der Waals surface area contributed by atoms with Crippen molar-refractivity contribution in [3.8, 4) is 11.3 Å². The van der Waals surface area contributed by atoms with Gasteiger partial charge < -0.3 is 4.98 Å². The molecule has 1 fully saturated rings. The lowest BCUT2D eigenvalue weighted by atomic mass is 9.78. The molecule has 1 aliphatic carbocycles. The lowest BCUT2D eigenvalue weighted by molar-refractivity contribution is -0.145. The number of imidazole rings is 1. The van der Waals surface area contributed by atoms with Crippen molar-refractivity contribution in [2.45, 2.75) is 51.5 Å². The number of hydrazine groups is 1. The quantitative estimate of drug-likeness (QED) is 0.472. The van der Waals surface area contributed by atoms with Gasteiger partial charge in [-0.25, -0.2) is 4.98 Å². The molecule has 30 heavy (non-hydrogen) atoms. The van der Waals surface area contributed by atoms with Gasteiger partial charge >= 0.3 is 0 Å².